The van der Waals surface area contributed by atoms with Crippen molar-refractivity contribution in [1.29, 1.82) is 0 Å². The summed E-state index contributed by atoms with van der Waals surface area (Å²) in [5.74, 6) is 1.15. The minimum absolute atomic E-state index is 0.121. The van der Waals surface area contributed by atoms with Crippen molar-refractivity contribution in [3.05, 3.63) is 41.1 Å². The largest absolute Gasteiger partial charge is 0.441 e. The standard InChI is InChI=1S/C15H15N3O3/c1-8-12(9(2)21-18-8)7-15(19)17-11-4-5-14-13(6-11)16-10(3)20-14/h4-6H,7H2,1-3H3,(H,17,19). The van der Waals surface area contributed by atoms with Crippen molar-refractivity contribution in [2.75, 3.05) is 5.32 Å². The number of nitrogens with zero attached hydrogens (tertiary/aromatic N) is 2. The van der Waals surface area contributed by atoms with Gasteiger partial charge in [0.15, 0.2) is 11.5 Å². The molecule has 0 atom stereocenters. The van der Waals surface area contributed by atoms with Crippen LogP contribution in [0.25, 0.3) is 11.1 Å². The Morgan fingerprint density at radius 1 is 1.29 bits per heavy atom. The van der Waals surface area contributed by atoms with E-state index in [1.807, 2.05) is 6.92 Å². The van der Waals surface area contributed by atoms with Crippen molar-refractivity contribution < 1.29 is 13.7 Å². The molecule has 1 amide bonds. The second-order valence-corrected chi connectivity index (χ2v) is 4.94. The van der Waals surface area contributed by atoms with Gasteiger partial charge in [-0.1, -0.05) is 5.16 Å². The summed E-state index contributed by atoms with van der Waals surface area (Å²) in [5.41, 5.74) is 3.68. The lowest BCUT2D eigenvalue weighted by atomic mass is 10.1. The number of fused-ring (bicyclic) bond motifs is 1. The van der Waals surface area contributed by atoms with Gasteiger partial charge < -0.3 is 14.3 Å². The zero-order chi connectivity index (χ0) is 15.0. The summed E-state index contributed by atoms with van der Waals surface area (Å²) in [5, 5.41) is 6.69. The fraction of sp³-hybridized carbons (Fsp3) is 0.267. The summed E-state index contributed by atoms with van der Waals surface area (Å²) in [6.07, 6.45) is 0.233. The Morgan fingerprint density at radius 2 is 2.10 bits per heavy atom. The molecular weight excluding hydrogens is 270 g/mol. The van der Waals surface area contributed by atoms with E-state index in [2.05, 4.69) is 15.5 Å². The number of hydrogen-bond acceptors (Lipinski definition) is 5. The highest BCUT2D eigenvalue weighted by Crippen LogP contribution is 2.20. The van der Waals surface area contributed by atoms with Crippen molar-refractivity contribution >= 4 is 22.7 Å². The van der Waals surface area contributed by atoms with Crippen molar-refractivity contribution in [2.45, 2.75) is 27.2 Å². The first-order valence-electron chi connectivity index (χ1n) is 6.62. The number of aromatic nitrogens is 2. The summed E-state index contributed by atoms with van der Waals surface area (Å²) >= 11 is 0. The number of carbonyl (C=O) groups excluding carboxylic acids is 1. The number of anilines is 1. The van der Waals surface area contributed by atoms with Crippen LogP contribution in [0.4, 0.5) is 5.69 Å². The van der Waals surface area contributed by atoms with Crippen molar-refractivity contribution in [1.82, 2.24) is 10.1 Å². The number of hydrogen-bond donors (Lipinski definition) is 1. The molecule has 2 heterocycles. The van der Waals surface area contributed by atoms with Crippen LogP contribution in [0.1, 0.15) is 22.9 Å². The smallest absolute Gasteiger partial charge is 0.229 e. The number of aryl methyl sites for hydroxylation is 3. The third-order valence-electron chi connectivity index (χ3n) is 3.30. The van der Waals surface area contributed by atoms with Gasteiger partial charge in [-0.25, -0.2) is 4.98 Å². The maximum Gasteiger partial charge on any atom is 0.229 e. The lowest BCUT2D eigenvalue weighted by molar-refractivity contribution is -0.115. The molecule has 0 aliphatic heterocycles. The number of amides is 1. The molecule has 0 aliphatic carbocycles. The molecule has 2 aromatic heterocycles. The Morgan fingerprint density at radius 3 is 2.81 bits per heavy atom. The molecule has 3 rings (SSSR count). The van der Waals surface area contributed by atoms with Crippen molar-refractivity contribution in [3.63, 3.8) is 0 Å². The van der Waals surface area contributed by atoms with Gasteiger partial charge in [0.25, 0.3) is 0 Å². The van der Waals surface area contributed by atoms with Gasteiger partial charge in [-0.2, -0.15) is 0 Å². The average molecular weight is 285 g/mol. The topological polar surface area (TPSA) is 81.2 Å². The highest BCUT2D eigenvalue weighted by Gasteiger charge is 2.14. The molecule has 6 nitrogen and oxygen atoms in total. The van der Waals surface area contributed by atoms with Gasteiger partial charge in [0.1, 0.15) is 11.3 Å². The minimum atomic E-state index is -0.121. The Bertz CT molecular complexity index is 797. The second kappa shape index (κ2) is 5.05. The van der Waals surface area contributed by atoms with Crippen LogP contribution < -0.4 is 5.32 Å². The maximum absolute atomic E-state index is 12.1. The van der Waals surface area contributed by atoms with E-state index in [4.69, 9.17) is 8.94 Å². The van der Waals surface area contributed by atoms with E-state index < -0.39 is 0 Å². The molecule has 0 bridgehead atoms. The molecule has 21 heavy (non-hydrogen) atoms. The SMILES string of the molecule is Cc1nc2cc(NC(=O)Cc3c(C)noc3C)ccc2o1. The van der Waals surface area contributed by atoms with Crippen LogP contribution in [0, 0.1) is 20.8 Å². The molecule has 3 aromatic rings. The van der Waals surface area contributed by atoms with E-state index in [-0.39, 0.29) is 12.3 Å². The number of benzene rings is 1. The van der Waals surface area contributed by atoms with Crippen LogP contribution in [-0.2, 0) is 11.2 Å². The molecule has 0 fully saturated rings. The molecule has 0 saturated heterocycles. The molecule has 1 N–H and O–H groups in total. The van der Waals surface area contributed by atoms with E-state index in [1.54, 1.807) is 32.0 Å². The van der Waals surface area contributed by atoms with E-state index in [0.29, 0.717) is 22.9 Å². The van der Waals surface area contributed by atoms with Crippen LogP contribution in [0.5, 0.6) is 0 Å². The number of oxazole rings is 1. The van der Waals surface area contributed by atoms with E-state index >= 15 is 0 Å². The summed E-state index contributed by atoms with van der Waals surface area (Å²) in [6.45, 7) is 5.41. The Labute approximate surface area is 121 Å². The monoisotopic (exact) mass is 285 g/mol. The number of carbonyl (C=O) groups is 1. The predicted molar refractivity (Wildman–Crippen MR) is 77.1 cm³/mol. The Kier molecular flexibility index (Phi) is 3.21. The number of nitrogens with one attached hydrogen (secondary N) is 1. The maximum atomic E-state index is 12.1. The van der Waals surface area contributed by atoms with Gasteiger partial charge >= 0.3 is 0 Å². The molecule has 0 unspecified atom stereocenters. The highest BCUT2D eigenvalue weighted by molar-refractivity contribution is 5.94. The molecule has 0 radical (unpaired) electrons. The molecule has 0 aliphatic rings. The third-order valence-corrected chi connectivity index (χ3v) is 3.30. The minimum Gasteiger partial charge on any atom is -0.441 e. The molecule has 0 spiro atoms. The summed E-state index contributed by atoms with van der Waals surface area (Å²) in [7, 11) is 0. The second-order valence-electron chi connectivity index (χ2n) is 4.94. The fourth-order valence-corrected chi connectivity index (χ4v) is 2.24. The van der Waals surface area contributed by atoms with Crippen LogP contribution >= 0.6 is 0 Å². The van der Waals surface area contributed by atoms with Crippen LogP contribution in [0.2, 0.25) is 0 Å². The van der Waals surface area contributed by atoms with Gasteiger partial charge in [0, 0.05) is 18.2 Å². The Balaban J connectivity index is 1.76. The molecule has 1 aromatic carbocycles. The highest BCUT2D eigenvalue weighted by atomic mass is 16.5. The number of rotatable bonds is 3. The summed E-state index contributed by atoms with van der Waals surface area (Å²) < 4.78 is 10.5. The summed E-state index contributed by atoms with van der Waals surface area (Å²) in [6, 6.07) is 5.37. The Hall–Kier alpha value is -2.63. The molecular formula is C15H15N3O3. The average Bonchev–Trinajstić information content (AvgIpc) is 2.94. The van der Waals surface area contributed by atoms with Crippen molar-refractivity contribution in [2.24, 2.45) is 0 Å². The zero-order valence-electron chi connectivity index (χ0n) is 12.1. The van der Waals surface area contributed by atoms with E-state index in [0.717, 1.165) is 16.8 Å². The molecule has 108 valence electrons. The van der Waals surface area contributed by atoms with Crippen molar-refractivity contribution in [3.8, 4) is 0 Å². The van der Waals surface area contributed by atoms with Gasteiger partial charge in [-0.05, 0) is 32.0 Å². The first kappa shape index (κ1) is 13.4. The van der Waals surface area contributed by atoms with E-state index in [9.17, 15) is 4.79 Å². The van der Waals surface area contributed by atoms with Gasteiger partial charge in [0.05, 0.1) is 12.1 Å². The van der Waals surface area contributed by atoms with Crippen LogP contribution in [-0.4, -0.2) is 16.0 Å². The van der Waals surface area contributed by atoms with Gasteiger partial charge in [-0.3, -0.25) is 4.79 Å². The first-order chi connectivity index (χ1) is 10.0. The lowest BCUT2D eigenvalue weighted by Crippen LogP contribution is -2.15. The van der Waals surface area contributed by atoms with Crippen LogP contribution in [0.15, 0.2) is 27.1 Å². The molecule has 0 saturated carbocycles. The quantitative estimate of drug-likeness (QED) is 0.800. The normalized spacial score (nSPS) is 11.0. The zero-order valence-corrected chi connectivity index (χ0v) is 12.1. The predicted octanol–water partition coefficient (Wildman–Crippen LogP) is 2.92. The van der Waals surface area contributed by atoms with Gasteiger partial charge in [-0.15, -0.1) is 0 Å². The van der Waals surface area contributed by atoms with Gasteiger partial charge in [0.2, 0.25) is 5.91 Å². The first-order valence-corrected chi connectivity index (χ1v) is 6.62. The van der Waals surface area contributed by atoms with E-state index in [1.165, 1.54) is 0 Å². The third kappa shape index (κ3) is 2.65. The lowest BCUT2D eigenvalue weighted by Gasteiger charge is -2.04. The summed E-state index contributed by atoms with van der Waals surface area (Å²) in [4.78, 5) is 16.3. The van der Waals surface area contributed by atoms with Crippen LogP contribution in [0.3, 0.4) is 0 Å². The fourth-order valence-electron chi connectivity index (χ4n) is 2.24. The molecule has 6 heteroatoms.